The summed E-state index contributed by atoms with van der Waals surface area (Å²) in [5.41, 5.74) is 0.800. The molecule has 2 rings (SSSR count). The highest BCUT2D eigenvalue weighted by Crippen LogP contribution is 2.22. The molecule has 110 valence electrons. The summed E-state index contributed by atoms with van der Waals surface area (Å²) in [6, 6.07) is 0.0725. The molecule has 0 aromatic carbocycles. The smallest absolute Gasteiger partial charge is 0.280 e. The van der Waals surface area contributed by atoms with Crippen molar-refractivity contribution in [2.75, 3.05) is 11.8 Å². The summed E-state index contributed by atoms with van der Waals surface area (Å²) in [6.45, 7) is 3.85. The van der Waals surface area contributed by atoms with Crippen LogP contribution in [0.3, 0.4) is 0 Å². The molecule has 20 heavy (non-hydrogen) atoms. The predicted molar refractivity (Wildman–Crippen MR) is 78.4 cm³/mol. The third kappa shape index (κ3) is 3.17. The molecular weight excluding hydrogens is 298 g/mol. The molecule has 3 N–H and O–H groups in total. The molecule has 1 unspecified atom stereocenters. The topological polar surface area (TPSA) is 99.8 Å². The molecule has 0 bridgehead atoms. The second-order valence-corrected chi connectivity index (χ2v) is 6.75. The molecule has 2 aromatic rings. The quantitative estimate of drug-likeness (QED) is 0.750. The molecule has 0 saturated heterocycles. The van der Waals surface area contributed by atoms with Crippen LogP contribution < -0.4 is 10.0 Å². The second-order valence-electron chi connectivity index (χ2n) is 4.24. The first-order valence-electron chi connectivity index (χ1n) is 6.15. The Morgan fingerprint density at radius 2 is 2.25 bits per heavy atom. The summed E-state index contributed by atoms with van der Waals surface area (Å²) in [4.78, 5) is 11.0. The number of nitrogens with zero attached hydrogens (tertiary/aromatic N) is 2. The minimum absolute atomic E-state index is 0.0489. The van der Waals surface area contributed by atoms with Crippen LogP contribution in [0.15, 0.2) is 16.6 Å². The summed E-state index contributed by atoms with van der Waals surface area (Å²) >= 11 is 1.25. The molecule has 0 radical (unpaired) electrons. The van der Waals surface area contributed by atoms with Gasteiger partial charge in [-0.05, 0) is 14.0 Å². The Hall–Kier alpha value is -1.45. The monoisotopic (exact) mass is 315 g/mol. The van der Waals surface area contributed by atoms with Gasteiger partial charge in [0.25, 0.3) is 10.0 Å². The Morgan fingerprint density at radius 3 is 2.85 bits per heavy atom. The zero-order chi connectivity index (χ0) is 14.8. The number of aromatic nitrogens is 3. The van der Waals surface area contributed by atoms with Gasteiger partial charge in [-0.2, -0.15) is 8.42 Å². The van der Waals surface area contributed by atoms with Gasteiger partial charge in [-0.15, -0.1) is 11.3 Å². The lowest BCUT2D eigenvalue weighted by Gasteiger charge is -2.05. The van der Waals surface area contributed by atoms with Crippen LogP contribution in [0.2, 0.25) is 0 Å². The third-order valence-electron chi connectivity index (χ3n) is 2.85. The first kappa shape index (κ1) is 14.9. The molecule has 0 aliphatic rings. The standard InChI is InChI=1S/C11H17N5O2S2/c1-4-9-13-5-10(15-9)20(17,18)16-11-14-8(6-19-11)7(2)12-3/h5-7,12H,4H2,1-3H3,(H,13,15)(H,14,16). The van der Waals surface area contributed by atoms with E-state index in [0.717, 1.165) is 5.69 Å². The van der Waals surface area contributed by atoms with E-state index in [1.54, 1.807) is 0 Å². The number of anilines is 1. The molecule has 0 amide bonds. The Labute approximate surface area is 121 Å². The highest BCUT2D eigenvalue weighted by Gasteiger charge is 2.19. The number of aromatic amines is 1. The number of rotatable bonds is 6. The highest BCUT2D eigenvalue weighted by atomic mass is 32.2. The van der Waals surface area contributed by atoms with Crippen LogP contribution in [-0.2, 0) is 16.4 Å². The van der Waals surface area contributed by atoms with Crippen molar-refractivity contribution >= 4 is 26.5 Å². The Morgan fingerprint density at radius 1 is 1.50 bits per heavy atom. The van der Waals surface area contributed by atoms with E-state index in [2.05, 4.69) is 25.0 Å². The number of imidazole rings is 1. The maximum absolute atomic E-state index is 12.1. The molecule has 0 spiro atoms. The molecule has 0 aliphatic carbocycles. The molecular formula is C11H17N5O2S2. The van der Waals surface area contributed by atoms with Crippen LogP contribution in [0.5, 0.6) is 0 Å². The summed E-state index contributed by atoms with van der Waals surface area (Å²) < 4.78 is 26.7. The molecule has 1 atom stereocenters. The minimum Gasteiger partial charge on any atom is -0.332 e. The van der Waals surface area contributed by atoms with Gasteiger partial charge < -0.3 is 10.3 Å². The Balaban J connectivity index is 2.17. The fourth-order valence-electron chi connectivity index (χ4n) is 1.51. The van der Waals surface area contributed by atoms with E-state index in [1.165, 1.54) is 17.5 Å². The van der Waals surface area contributed by atoms with Crippen molar-refractivity contribution in [2.45, 2.75) is 31.3 Å². The summed E-state index contributed by atoms with van der Waals surface area (Å²) in [5, 5.41) is 5.26. The van der Waals surface area contributed by atoms with E-state index < -0.39 is 10.0 Å². The largest absolute Gasteiger partial charge is 0.332 e. The van der Waals surface area contributed by atoms with Gasteiger partial charge in [0.2, 0.25) is 0 Å². The minimum atomic E-state index is -3.66. The van der Waals surface area contributed by atoms with E-state index in [4.69, 9.17) is 0 Å². The number of hydrogen-bond donors (Lipinski definition) is 3. The van der Waals surface area contributed by atoms with E-state index in [9.17, 15) is 8.42 Å². The number of hydrogen-bond acceptors (Lipinski definition) is 6. The van der Waals surface area contributed by atoms with Crippen molar-refractivity contribution in [2.24, 2.45) is 0 Å². The lowest BCUT2D eigenvalue weighted by Crippen LogP contribution is -2.15. The molecule has 0 aliphatic heterocycles. The maximum Gasteiger partial charge on any atom is 0.280 e. The van der Waals surface area contributed by atoms with Gasteiger partial charge in [-0.25, -0.2) is 9.97 Å². The van der Waals surface area contributed by atoms with Gasteiger partial charge in [-0.3, -0.25) is 4.72 Å². The number of thiazole rings is 1. The first-order chi connectivity index (χ1) is 9.46. The summed E-state index contributed by atoms with van der Waals surface area (Å²) in [5.74, 6) is 0.633. The van der Waals surface area contributed by atoms with Crippen molar-refractivity contribution < 1.29 is 8.42 Å². The van der Waals surface area contributed by atoms with Crippen molar-refractivity contribution in [3.05, 3.63) is 23.1 Å². The van der Waals surface area contributed by atoms with E-state index in [0.29, 0.717) is 17.4 Å². The zero-order valence-electron chi connectivity index (χ0n) is 11.5. The Kier molecular flexibility index (Phi) is 4.41. The average Bonchev–Trinajstić information content (AvgIpc) is 3.06. The van der Waals surface area contributed by atoms with Gasteiger partial charge in [0.05, 0.1) is 11.9 Å². The fraction of sp³-hybridized carbons (Fsp3) is 0.455. The van der Waals surface area contributed by atoms with Crippen LogP contribution in [0.25, 0.3) is 0 Å². The normalized spacial score (nSPS) is 13.3. The molecule has 2 aromatic heterocycles. The van der Waals surface area contributed by atoms with Crippen molar-refractivity contribution in [1.82, 2.24) is 20.3 Å². The predicted octanol–water partition coefficient (Wildman–Crippen LogP) is 1.51. The lowest BCUT2D eigenvalue weighted by atomic mass is 10.3. The number of nitrogens with one attached hydrogen (secondary N) is 3. The van der Waals surface area contributed by atoms with Crippen LogP contribution in [0.1, 0.15) is 31.4 Å². The van der Waals surface area contributed by atoms with Crippen LogP contribution >= 0.6 is 11.3 Å². The SMILES string of the molecule is CCc1ncc(S(=O)(=O)Nc2nc(C(C)NC)cs2)[nH]1. The first-order valence-corrected chi connectivity index (χ1v) is 8.52. The lowest BCUT2D eigenvalue weighted by molar-refractivity contribution is 0.597. The molecule has 9 heteroatoms. The maximum atomic E-state index is 12.1. The van der Waals surface area contributed by atoms with E-state index >= 15 is 0 Å². The van der Waals surface area contributed by atoms with Gasteiger partial charge in [0.15, 0.2) is 10.2 Å². The average molecular weight is 315 g/mol. The van der Waals surface area contributed by atoms with Gasteiger partial charge in [0.1, 0.15) is 5.82 Å². The van der Waals surface area contributed by atoms with E-state index in [1.807, 2.05) is 26.3 Å². The zero-order valence-corrected chi connectivity index (χ0v) is 13.1. The summed E-state index contributed by atoms with van der Waals surface area (Å²) in [6.07, 6.45) is 1.96. The van der Waals surface area contributed by atoms with E-state index in [-0.39, 0.29) is 11.1 Å². The van der Waals surface area contributed by atoms with Crippen molar-refractivity contribution in [3.8, 4) is 0 Å². The third-order valence-corrected chi connectivity index (χ3v) is 5.00. The van der Waals surface area contributed by atoms with Crippen LogP contribution in [0, 0.1) is 0 Å². The van der Waals surface area contributed by atoms with Crippen molar-refractivity contribution in [3.63, 3.8) is 0 Å². The molecule has 0 fully saturated rings. The Bertz CT molecular complexity index is 677. The second kappa shape index (κ2) is 5.90. The number of sulfonamides is 1. The van der Waals surface area contributed by atoms with Crippen molar-refractivity contribution in [1.29, 1.82) is 0 Å². The highest BCUT2D eigenvalue weighted by molar-refractivity contribution is 7.92. The molecule has 2 heterocycles. The van der Waals surface area contributed by atoms with Gasteiger partial charge in [0, 0.05) is 17.8 Å². The number of H-pyrrole nitrogens is 1. The molecule has 0 saturated carbocycles. The van der Waals surface area contributed by atoms with Gasteiger partial charge >= 0.3 is 0 Å². The van der Waals surface area contributed by atoms with Crippen LogP contribution in [0.4, 0.5) is 5.13 Å². The fourth-order valence-corrected chi connectivity index (χ4v) is 3.51. The number of aryl methyl sites for hydroxylation is 1. The molecule has 7 nitrogen and oxygen atoms in total. The van der Waals surface area contributed by atoms with Gasteiger partial charge in [-0.1, -0.05) is 6.92 Å². The van der Waals surface area contributed by atoms with Crippen LogP contribution in [-0.4, -0.2) is 30.4 Å². The summed E-state index contributed by atoms with van der Waals surface area (Å²) in [7, 11) is -1.84.